The molecular weight excluding hydrogens is 773 g/mol. The van der Waals surface area contributed by atoms with E-state index in [9.17, 15) is 19.5 Å². The highest BCUT2D eigenvalue weighted by Crippen LogP contribution is 2.48. The van der Waals surface area contributed by atoms with Crippen LogP contribution in [0.3, 0.4) is 0 Å². The molecule has 59 heavy (non-hydrogen) atoms. The van der Waals surface area contributed by atoms with Crippen molar-refractivity contribution in [3.8, 4) is 0 Å². The number of benzene rings is 5. The van der Waals surface area contributed by atoms with Crippen molar-refractivity contribution in [3.63, 3.8) is 0 Å². The molecule has 1 heterocycles. The van der Waals surface area contributed by atoms with Crippen molar-refractivity contribution < 1.29 is 19.5 Å². The fourth-order valence-electron chi connectivity index (χ4n) is 7.85. The first kappa shape index (κ1) is 43.7. The smallest absolute Gasteiger partial charge is 0.326 e. The molecule has 6 rings (SSSR count). The Bertz CT molecular complexity index is 1990. The highest BCUT2D eigenvalue weighted by atomic mass is 32.2. The fraction of sp³-hybridized carbons (Fsp3) is 0.327. The van der Waals surface area contributed by atoms with E-state index in [-0.39, 0.29) is 24.4 Å². The first-order valence-electron chi connectivity index (χ1n) is 20.4. The number of carbonyl (C=O) groups excluding carboxylic acids is 2. The standard InChI is InChI=1S/C49H56N4O4S2/c1-35(2)45(47(55)53-33-38-21-17-16-20-37(38)30-44(53)46(54)52-43(48(56)57)28-29-58-3)51-32-42(50-31-36-18-8-4-9-19-36)34-59-49(39-22-10-5-11-23-39,40-24-12-6-13-25-40)41-26-14-7-15-27-41/h4-27,35,42-45,50-51H,28-34H2,1-3H3,(H,52,54)(H,56,57)/t42?,43?,44?,45-/m0/s1. The summed E-state index contributed by atoms with van der Waals surface area (Å²) < 4.78 is -0.519. The number of nitrogens with zero attached hydrogens (tertiary/aromatic N) is 1. The molecule has 4 atom stereocenters. The van der Waals surface area contributed by atoms with E-state index in [4.69, 9.17) is 0 Å². The van der Waals surface area contributed by atoms with Crippen LogP contribution in [-0.2, 0) is 38.6 Å². The van der Waals surface area contributed by atoms with Gasteiger partial charge in [0.1, 0.15) is 12.1 Å². The van der Waals surface area contributed by atoms with Gasteiger partial charge in [0, 0.05) is 37.8 Å². The van der Waals surface area contributed by atoms with E-state index < -0.39 is 34.7 Å². The van der Waals surface area contributed by atoms with Crippen LogP contribution in [0, 0.1) is 5.92 Å². The predicted molar refractivity (Wildman–Crippen MR) is 242 cm³/mol. The van der Waals surface area contributed by atoms with Crippen LogP contribution in [0.15, 0.2) is 146 Å². The molecule has 0 aliphatic carbocycles. The summed E-state index contributed by atoms with van der Waals surface area (Å²) in [5.41, 5.74) is 6.68. The summed E-state index contributed by atoms with van der Waals surface area (Å²) in [6, 6.07) is 47.6. The predicted octanol–water partition coefficient (Wildman–Crippen LogP) is 7.76. The third-order valence-corrected chi connectivity index (χ3v) is 13.4. The molecule has 308 valence electrons. The number of rotatable bonds is 20. The van der Waals surface area contributed by atoms with Crippen molar-refractivity contribution in [3.05, 3.63) is 179 Å². The Kier molecular flexibility index (Phi) is 15.9. The number of aliphatic carboxylic acids is 1. The molecule has 1 aliphatic heterocycles. The average molecular weight is 829 g/mol. The van der Waals surface area contributed by atoms with E-state index in [0.29, 0.717) is 37.4 Å². The van der Waals surface area contributed by atoms with Gasteiger partial charge >= 0.3 is 5.97 Å². The third-order valence-electron chi connectivity index (χ3n) is 11.1. The summed E-state index contributed by atoms with van der Waals surface area (Å²) in [5.74, 6) is -0.504. The Balaban J connectivity index is 1.29. The zero-order valence-electron chi connectivity index (χ0n) is 34.1. The van der Waals surface area contributed by atoms with Gasteiger partial charge in [0.2, 0.25) is 11.8 Å². The van der Waals surface area contributed by atoms with Crippen molar-refractivity contribution in [2.45, 2.75) is 68.7 Å². The molecule has 0 aromatic heterocycles. The Morgan fingerprint density at radius 1 is 0.746 bits per heavy atom. The fourth-order valence-corrected chi connectivity index (χ4v) is 9.91. The van der Waals surface area contributed by atoms with Gasteiger partial charge in [-0.15, -0.1) is 11.8 Å². The van der Waals surface area contributed by atoms with Crippen molar-refractivity contribution >= 4 is 41.3 Å². The van der Waals surface area contributed by atoms with E-state index >= 15 is 0 Å². The van der Waals surface area contributed by atoms with E-state index in [1.54, 1.807) is 4.90 Å². The average Bonchev–Trinajstić information content (AvgIpc) is 3.27. The Morgan fingerprint density at radius 3 is 1.80 bits per heavy atom. The van der Waals surface area contributed by atoms with E-state index in [2.05, 4.69) is 119 Å². The molecule has 4 N–H and O–H groups in total. The van der Waals surface area contributed by atoms with Gasteiger partial charge in [-0.2, -0.15) is 11.8 Å². The Hall–Kier alpha value is -4.87. The molecule has 0 fully saturated rings. The minimum absolute atomic E-state index is 0.0706. The first-order chi connectivity index (χ1) is 28.7. The topological polar surface area (TPSA) is 111 Å². The van der Waals surface area contributed by atoms with E-state index in [1.807, 2.05) is 74.3 Å². The number of carboxylic acids is 1. The normalized spacial score (nSPS) is 15.5. The highest BCUT2D eigenvalue weighted by molar-refractivity contribution is 8.00. The van der Waals surface area contributed by atoms with Crippen LogP contribution in [0.25, 0.3) is 0 Å². The van der Waals surface area contributed by atoms with Crippen molar-refractivity contribution in [1.82, 2.24) is 20.9 Å². The van der Waals surface area contributed by atoms with Gasteiger partial charge in [0.25, 0.3) is 0 Å². The number of amides is 2. The lowest BCUT2D eigenvalue weighted by atomic mass is 9.84. The molecule has 0 spiro atoms. The zero-order valence-corrected chi connectivity index (χ0v) is 35.8. The van der Waals surface area contributed by atoms with Crippen LogP contribution in [0.2, 0.25) is 0 Å². The molecule has 1 aliphatic rings. The molecule has 3 unspecified atom stereocenters. The van der Waals surface area contributed by atoms with Crippen LogP contribution >= 0.6 is 23.5 Å². The second kappa shape index (κ2) is 21.4. The number of hydrogen-bond donors (Lipinski definition) is 4. The zero-order chi connectivity index (χ0) is 41.6. The maximum absolute atomic E-state index is 14.9. The number of fused-ring (bicyclic) bond motifs is 1. The van der Waals surface area contributed by atoms with E-state index in [1.165, 1.54) is 28.5 Å². The molecule has 0 saturated heterocycles. The van der Waals surface area contributed by atoms with Crippen LogP contribution in [0.1, 0.15) is 53.6 Å². The first-order valence-corrected chi connectivity index (χ1v) is 22.8. The van der Waals surface area contributed by atoms with Crippen molar-refractivity contribution in [2.75, 3.05) is 24.3 Å². The minimum atomic E-state index is -1.08. The third kappa shape index (κ3) is 11.0. The second-order valence-corrected chi connectivity index (χ2v) is 17.6. The van der Waals surface area contributed by atoms with Crippen LogP contribution < -0.4 is 16.0 Å². The maximum Gasteiger partial charge on any atom is 0.326 e. The van der Waals surface area contributed by atoms with Gasteiger partial charge in [-0.3, -0.25) is 9.59 Å². The number of carboxylic acid groups (broad SMARTS) is 1. The molecular formula is C49H56N4O4S2. The molecule has 0 radical (unpaired) electrons. The van der Waals surface area contributed by atoms with Gasteiger partial charge in [0.15, 0.2) is 0 Å². The van der Waals surface area contributed by atoms with E-state index in [0.717, 1.165) is 16.7 Å². The van der Waals surface area contributed by atoms with Gasteiger partial charge < -0.3 is 26.0 Å². The summed E-state index contributed by atoms with van der Waals surface area (Å²) in [6.45, 7) is 5.45. The summed E-state index contributed by atoms with van der Waals surface area (Å²) in [7, 11) is 0. The molecule has 2 amide bonds. The Morgan fingerprint density at radius 2 is 1.27 bits per heavy atom. The minimum Gasteiger partial charge on any atom is -0.480 e. The monoisotopic (exact) mass is 828 g/mol. The number of carbonyl (C=O) groups is 3. The van der Waals surface area contributed by atoms with Crippen molar-refractivity contribution in [2.24, 2.45) is 5.92 Å². The summed E-state index contributed by atoms with van der Waals surface area (Å²) in [5, 5.41) is 20.2. The molecule has 8 nitrogen and oxygen atoms in total. The van der Waals surface area contributed by atoms with Crippen molar-refractivity contribution in [1.29, 1.82) is 0 Å². The van der Waals surface area contributed by atoms with Gasteiger partial charge in [-0.25, -0.2) is 4.79 Å². The summed E-state index contributed by atoms with van der Waals surface area (Å²) in [4.78, 5) is 42.7. The molecule has 0 saturated carbocycles. The number of hydrogen-bond acceptors (Lipinski definition) is 7. The highest BCUT2D eigenvalue weighted by Gasteiger charge is 2.41. The summed E-state index contributed by atoms with van der Waals surface area (Å²) >= 11 is 3.41. The maximum atomic E-state index is 14.9. The van der Waals surface area contributed by atoms with Gasteiger partial charge in [-0.1, -0.05) is 159 Å². The molecule has 5 aromatic carbocycles. The van der Waals surface area contributed by atoms with Gasteiger partial charge in [0.05, 0.1) is 10.8 Å². The molecule has 5 aromatic rings. The summed E-state index contributed by atoms with van der Waals surface area (Å²) in [6.07, 6.45) is 2.52. The number of thioether (sulfide) groups is 2. The molecule has 10 heteroatoms. The lowest BCUT2D eigenvalue weighted by molar-refractivity contribution is -0.146. The lowest BCUT2D eigenvalue weighted by Gasteiger charge is -2.40. The largest absolute Gasteiger partial charge is 0.480 e. The van der Waals surface area contributed by atoms with Crippen LogP contribution in [0.5, 0.6) is 0 Å². The van der Waals surface area contributed by atoms with Crippen LogP contribution in [-0.4, -0.2) is 76.3 Å². The van der Waals surface area contributed by atoms with Crippen LogP contribution in [0.4, 0.5) is 0 Å². The lowest BCUT2D eigenvalue weighted by Crippen LogP contribution is -2.60. The van der Waals surface area contributed by atoms with Gasteiger partial charge in [-0.05, 0) is 57.7 Å². The molecule has 0 bridgehead atoms. The SMILES string of the molecule is CSCCC(NC(=O)C1Cc2ccccc2CN1C(=O)[C@@H](NCC(CSC(c1ccccc1)(c1ccccc1)c1ccccc1)NCc1ccccc1)C(C)C)C(=O)O. The number of nitrogens with one attached hydrogen (secondary N) is 3. The quantitative estimate of drug-likeness (QED) is 0.0590. The Labute approximate surface area is 358 Å². The second-order valence-electron chi connectivity index (χ2n) is 15.4.